The number of nitrogens with zero attached hydrogens (tertiary/aromatic N) is 2. The van der Waals surface area contributed by atoms with E-state index in [1.54, 1.807) is 32.7 Å². The Morgan fingerprint density at radius 2 is 1.48 bits per heavy atom. The Labute approximate surface area is 134 Å². The molecule has 0 aliphatic carbocycles. The van der Waals surface area contributed by atoms with Crippen LogP contribution in [0.4, 0.5) is 5.82 Å². The molecule has 3 aromatic rings. The first-order chi connectivity index (χ1) is 11.2. The van der Waals surface area contributed by atoms with Gasteiger partial charge in [0, 0.05) is 35.2 Å². The lowest BCUT2D eigenvalue weighted by atomic mass is 10.0. The molecule has 0 aliphatic rings. The van der Waals surface area contributed by atoms with Gasteiger partial charge < -0.3 is 15.2 Å². The number of hydrogen-bond donors (Lipinski definition) is 1. The first kappa shape index (κ1) is 14.8. The van der Waals surface area contributed by atoms with E-state index in [4.69, 9.17) is 15.2 Å². The maximum atomic E-state index is 6.03. The summed E-state index contributed by atoms with van der Waals surface area (Å²) >= 11 is 0. The molecule has 0 unspecified atom stereocenters. The highest BCUT2D eigenvalue weighted by atomic mass is 16.5. The summed E-state index contributed by atoms with van der Waals surface area (Å²) in [5.74, 6) is 1.84. The van der Waals surface area contributed by atoms with E-state index in [0.717, 1.165) is 28.0 Å². The molecule has 2 N–H and O–H groups in total. The van der Waals surface area contributed by atoms with Crippen LogP contribution in [-0.2, 0) is 0 Å². The third-order valence-electron chi connectivity index (χ3n) is 3.60. The van der Waals surface area contributed by atoms with Crippen molar-refractivity contribution in [1.82, 2.24) is 9.97 Å². The summed E-state index contributed by atoms with van der Waals surface area (Å²) in [6, 6.07) is 13.5. The molecule has 23 heavy (non-hydrogen) atoms. The molecule has 1 aromatic carbocycles. The smallest absolute Gasteiger partial charge is 0.212 e. The number of pyridine rings is 2. The van der Waals surface area contributed by atoms with Gasteiger partial charge in [0.1, 0.15) is 11.6 Å². The van der Waals surface area contributed by atoms with Crippen molar-refractivity contribution >= 4 is 5.82 Å². The van der Waals surface area contributed by atoms with Crippen molar-refractivity contribution in [1.29, 1.82) is 0 Å². The molecular weight excluding hydrogens is 290 g/mol. The highest BCUT2D eigenvalue weighted by Crippen LogP contribution is 2.30. The van der Waals surface area contributed by atoms with Crippen molar-refractivity contribution in [3.05, 3.63) is 54.9 Å². The second-order valence-corrected chi connectivity index (χ2v) is 4.97. The van der Waals surface area contributed by atoms with Crippen LogP contribution in [0.25, 0.3) is 22.3 Å². The van der Waals surface area contributed by atoms with Crippen LogP contribution in [0.5, 0.6) is 11.6 Å². The van der Waals surface area contributed by atoms with E-state index in [-0.39, 0.29) is 0 Å². The minimum Gasteiger partial charge on any atom is -0.497 e. The van der Waals surface area contributed by atoms with Crippen LogP contribution in [0.2, 0.25) is 0 Å². The van der Waals surface area contributed by atoms with Crippen molar-refractivity contribution in [2.75, 3.05) is 20.0 Å². The largest absolute Gasteiger partial charge is 0.497 e. The van der Waals surface area contributed by atoms with Crippen LogP contribution >= 0.6 is 0 Å². The van der Waals surface area contributed by atoms with Crippen LogP contribution < -0.4 is 15.2 Å². The van der Waals surface area contributed by atoms with E-state index in [0.29, 0.717) is 11.7 Å². The van der Waals surface area contributed by atoms with Gasteiger partial charge in [0.2, 0.25) is 5.88 Å². The molecule has 0 spiro atoms. The molecule has 2 heterocycles. The molecule has 5 nitrogen and oxygen atoms in total. The molecule has 0 amide bonds. The SMILES string of the molecule is COc1ccc(-c2cnc(N)c(-c3ccc(OC)nc3)c2)cc1. The third-order valence-corrected chi connectivity index (χ3v) is 3.60. The van der Waals surface area contributed by atoms with E-state index in [9.17, 15) is 0 Å². The third kappa shape index (κ3) is 3.08. The van der Waals surface area contributed by atoms with Crippen LogP contribution in [0.3, 0.4) is 0 Å². The maximum Gasteiger partial charge on any atom is 0.212 e. The van der Waals surface area contributed by atoms with Gasteiger partial charge >= 0.3 is 0 Å². The standard InChI is InChI=1S/C18H17N3O2/c1-22-15-6-3-12(4-7-15)14-9-16(18(19)21-11-14)13-5-8-17(23-2)20-10-13/h3-11H,1-2H3,(H2,19,21). The molecule has 0 saturated heterocycles. The second-order valence-electron chi connectivity index (χ2n) is 4.97. The minimum atomic E-state index is 0.467. The summed E-state index contributed by atoms with van der Waals surface area (Å²) in [7, 11) is 3.23. The molecule has 0 fully saturated rings. The zero-order valence-electron chi connectivity index (χ0n) is 13.0. The molecule has 3 rings (SSSR count). The Kier molecular flexibility index (Phi) is 4.10. The fourth-order valence-electron chi connectivity index (χ4n) is 2.31. The normalized spacial score (nSPS) is 10.3. The Morgan fingerprint density at radius 3 is 2.09 bits per heavy atom. The molecule has 0 atom stereocenters. The average molecular weight is 307 g/mol. The lowest BCUT2D eigenvalue weighted by molar-refractivity contribution is 0.398. The molecule has 0 aliphatic heterocycles. The fraction of sp³-hybridized carbons (Fsp3) is 0.111. The van der Waals surface area contributed by atoms with Gasteiger partial charge in [-0.3, -0.25) is 0 Å². The summed E-state index contributed by atoms with van der Waals surface area (Å²) in [4.78, 5) is 8.52. The Hall–Kier alpha value is -3.08. The Bertz CT molecular complexity index is 800. The predicted octanol–water partition coefficient (Wildman–Crippen LogP) is 3.41. The Balaban J connectivity index is 2.00. The number of aromatic nitrogens is 2. The monoisotopic (exact) mass is 307 g/mol. The lowest BCUT2D eigenvalue weighted by Gasteiger charge is -2.09. The van der Waals surface area contributed by atoms with Crippen molar-refractivity contribution in [2.45, 2.75) is 0 Å². The molecule has 0 bridgehead atoms. The summed E-state index contributed by atoms with van der Waals surface area (Å²) in [5.41, 5.74) is 9.78. The topological polar surface area (TPSA) is 70.3 Å². The zero-order valence-corrected chi connectivity index (χ0v) is 13.0. The molecule has 2 aromatic heterocycles. The van der Waals surface area contributed by atoms with Gasteiger partial charge in [-0.2, -0.15) is 0 Å². The maximum absolute atomic E-state index is 6.03. The lowest BCUT2D eigenvalue weighted by Crippen LogP contribution is -1.96. The number of nitrogen functional groups attached to an aromatic ring is 1. The van der Waals surface area contributed by atoms with Crippen LogP contribution in [-0.4, -0.2) is 24.2 Å². The Morgan fingerprint density at radius 1 is 0.783 bits per heavy atom. The van der Waals surface area contributed by atoms with E-state index in [1.165, 1.54) is 0 Å². The fourth-order valence-corrected chi connectivity index (χ4v) is 2.31. The highest BCUT2D eigenvalue weighted by Gasteiger charge is 2.08. The number of hydrogen-bond acceptors (Lipinski definition) is 5. The number of benzene rings is 1. The van der Waals surface area contributed by atoms with Gasteiger partial charge in [-0.15, -0.1) is 0 Å². The molecular formula is C18H17N3O2. The van der Waals surface area contributed by atoms with E-state index in [1.807, 2.05) is 36.4 Å². The molecule has 5 heteroatoms. The van der Waals surface area contributed by atoms with Crippen molar-refractivity contribution < 1.29 is 9.47 Å². The first-order valence-corrected chi connectivity index (χ1v) is 7.11. The summed E-state index contributed by atoms with van der Waals surface area (Å²) < 4.78 is 10.3. The minimum absolute atomic E-state index is 0.467. The van der Waals surface area contributed by atoms with Crippen molar-refractivity contribution in [2.24, 2.45) is 0 Å². The number of anilines is 1. The first-order valence-electron chi connectivity index (χ1n) is 7.11. The zero-order chi connectivity index (χ0) is 16.2. The van der Waals surface area contributed by atoms with Crippen LogP contribution in [0, 0.1) is 0 Å². The van der Waals surface area contributed by atoms with Gasteiger partial charge in [0.05, 0.1) is 14.2 Å². The number of rotatable bonds is 4. The van der Waals surface area contributed by atoms with Gasteiger partial charge in [-0.05, 0) is 29.8 Å². The van der Waals surface area contributed by atoms with Crippen molar-refractivity contribution in [3.8, 4) is 33.9 Å². The van der Waals surface area contributed by atoms with E-state index < -0.39 is 0 Å². The van der Waals surface area contributed by atoms with Crippen LogP contribution in [0.1, 0.15) is 0 Å². The van der Waals surface area contributed by atoms with Gasteiger partial charge in [-0.1, -0.05) is 12.1 Å². The number of nitrogens with two attached hydrogens (primary N) is 1. The van der Waals surface area contributed by atoms with Gasteiger partial charge in [0.15, 0.2) is 0 Å². The predicted molar refractivity (Wildman–Crippen MR) is 90.4 cm³/mol. The highest BCUT2D eigenvalue weighted by molar-refractivity contribution is 5.79. The number of methoxy groups -OCH3 is 2. The average Bonchev–Trinajstić information content (AvgIpc) is 2.62. The summed E-state index contributed by atoms with van der Waals surface area (Å²) in [5, 5.41) is 0. The van der Waals surface area contributed by atoms with Crippen molar-refractivity contribution in [3.63, 3.8) is 0 Å². The summed E-state index contributed by atoms with van der Waals surface area (Å²) in [6.07, 6.45) is 3.49. The van der Waals surface area contributed by atoms with Crippen LogP contribution in [0.15, 0.2) is 54.9 Å². The molecule has 0 saturated carbocycles. The van der Waals surface area contributed by atoms with Gasteiger partial charge in [0.25, 0.3) is 0 Å². The quantitative estimate of drug-likeness (QED) is 0.800. The molecule has 0 radical (unpaired) electrons. The van der Waals surface area contributed by atoms with E-state index >= 15 is 0 Å². The summed E-state index contributed by atoms with van der Waals surface area (Å²) in [6.45, 7) is 0. The molecule has 116 valence electrons. The second kappa shape index (κ2) is 6.36. The van der Waals surface area contributed by atoms with Gasteiger partial charge in [-0.25, -0.2) is 9.97 Å². The van der Waals surface area contributed by atoms with E-state index in [2.05, 4.69) is 9.97 Å². The number of ether oxygens (including phenoxy) is 2.